The summed E-state index contributed by atoms with van der Waals surface area (Å²) in [5.74, 6) is 0.0339. The molecule has 138 valence electrons. The van der Waals surface area contributed by atoms with Crippen LogP contribution in [0.4, 0.5) is 0 Å². The summed E-state index contributed by atoms with van der Waals surface area (Å²) in [5, 5.41) is 8.92. The van der Waals surface area contributed by atoms with Gasteiger partial charge < -0.3 is 14.4 Å². The fourth-order valence-corrected chi connectivity index (χ4v) is 3.63. The second-order valence-corrected chi connectivity index (χ2v) is 6.86. The van der Waals surface area contributed by atoms with Crippen LogP contribution in [0.2, 0.25) is 0 Å². The Morgan fingerprint density at radius 2 is 1.77 bits per heavy atom. The molecule has 1 amide bonds. The number of nitrogens with zero attached hydrogens (tertiary/aromatic N) is 2. The number of aliphatic hydroxyl groups is 1. The van der Waals surface area contributed by atoms with Crippen LogP contribution in [0.3, 0.4) is 0 Å². The van der Waals surface area contributed by atoms with Gasteiger partial charge in [-0.1, -0.05) is 24.3 Å². The SMILES string of the molecule is C[C@@H]1CN(Cc2ccc(C(=O)CO)cc2)C[C@@H](C)N1C(=O)c1ccco1. The largest absolute Gasteiger partial charge is 0.459 e. The molecular formula is C20H24N2O4. The van der Waals surface area contributed by atoms with Crippen LogP contribution in [-0.4, -0.2) is 58.4 Å². The second kappa shape index (κ2) is 7.85. The highest BCUT2D eigenvalue weighted by Crippen LogP contribution is 2.21. The van der Waals surface area contributed by atoms with Crippen molar-refractivity contribution in [1.29, 1.82) is 0 Å². The number of rotatable bonds is 5. The lowest BCUT2D eigenvalue weighted by Gasteiger charge is -2.44. The monoisotopic (exact) mass is 356 g/mol. The van der Waals surface area contributed by atoms with E-state index in [4.69, 9.17) is 9.52 Å². The van der Waals surface area contributed by atoms with Crippen molar-refractivity contribution in [1.82, 2.24) is 9.80 Å². The molecule has 1 saturated heterocycles. The van der Waals surface area contributed by atoms with Gasteiger partial charge in [-0.2, -0.15) is 0 Å². The summed E-state index contributed by atoms with van der Waals surface area (Å²) < 4.78 is 5.26. The normalized spacial score (nSPS) is 21.0. The Balaban J connectivity index is 1.64. The lowest BCUT2D eigenvalue weighted by molar-refractivity contribution is 0.0243. The van der Waals surface area contributed by atoms with Gasteiger partial charge in [0.15, 0.2) is 11.5 Å². The van der Waals surface area contributed by atoms with E-state index in [2.05, 4.69) is 4.90 Å². The first-order valence-electron chi connectivity index (χ1n) is 8.81. The molecule has 2 atom stereocenters. The van der Waals surface area contributed by atoms with Gasteiger partial charge in [0.05, 0.1) is 6.26 Å². The molecule has 2 aromatic rings. The number of hydrogen-bond donors (Lipinski definition) is 1. The van der Waals surface area contributed by atoms with Crippen molar-refractivity contribution in [3.05, 3.63) is 59.5 Å². The number of aliphatic hydroxyl groups excluding tert-OH is 1. The van der Waals surface area contributed by atoms with Crippen LogP contribution in [0.1, 0.15) is 40.3 Å². The van der Waals surface area contributed by atoms with Gasteiger partial charge in [0, 0.05) is 37.3 Å². The number of hydrogen-bond acceptors (Lipinski definition) is 5. The van der Waals surface area contributed by atoms with E-state index in [0.29, 0.717) is 11.3 Å². The fraction of sp³-hybridized carbons (Fsp3) is 0.400. The van der Waals surface area contributed by atoms with Crippen molar-refractivity contribution in [2.75, 3.05) is 19.7 Å². The average molecular weight is 356 g/mol. The molecule has 1 aromatic heterocycles. The molecule has 0 aliphatic carbocycles. The van der Waals surface area contributed by atoms with E-state index < -0.39 is 6.61 Å². The van der Waals surface area contributed by atoms with E-state index >= 15 is 0 Å². The number of carbonyl (C=O) groups excluding carboxylic acids is 2. The molecule has 26 heavy (non-hydrogen) atoms. The average Bonchev–Trinajstić information content (AvgIpc) is 3.15. The van der Waals surface area contributed by atoms with Gasteiger partial charge in [0.2, 0.25) is 0 Å². The quantitative estimate of drug-likeness (QED) is 0.832. The van der Waals surface area contributed by atoms with Gasteiger partial charge in [-0.3, -0.25) is 14.5 Å². The van der Waals surface area contributed by atoms with Crippen LogP contribution in [-0.2, 0) is 6.54 Å². The smallest absolute Gasteiger partial charge is 0.290 e. The van der Waals surface area contributed by atoms with Crippen molar-refractivity contribution in [3.8, 4) is 0 Å². The molecule has 1 aliphatic rings. The maximum atomic E-state index is 12.6. The lowest BCUT2D eigenvalue weighted by Crippen LogP contribution is -2.58. The first-order chi connectivity index (χ1) is 12.5. The fourth-order valence-electron chi connectivity index (χ4n) is 3.63. The minimum absolute atomic E-state index is 0.0680. The van der Waals surface area contributed by atoms with Crippen molar-refractivity contribution >= 4 is 11.7 Å². The highest BCUT2D eigenvalue weighted by molar-refractivity contribution is 5.96. The first kappa shape index (κ1) is 18.4. The van der Waals surface area contributed by atoms with Crippen molar-refractivity contribution < 1.29 is 19.1 Å². The minimum atomic E-state index is -0.472. The lowest BCUT2D eigenvalue weighted by atomic mass is 10.0. The van der Waals surface area contributed by atoms with E-state index in [9.17, 15) is 9.59 Å². The molecule has 1 N–H and O–H groups in total. The summed E-state index contributed by atoms with van der Waals surface area (Å²) in [7, 11) is 0. The van der Waals surface area contributed by atoms with Crippen molar-refractivity contribution in [2.24, 2.45) is 0 Å². The predicted octanol–water partition coefficient (Wildman–Crippen LogP) is 2.19. The Morgan fingerprint density at radius 1 is 1.12 bits per heavy atom. The van der Waals surface area contributed by atoms with Crippen LogP contribution >= 0.6 is 0 Å². The van der Waals surface area contributed by atoms with Crippen LogP contribution in [0.15, 0.2) is 47.1 Å². The van der Waals surface area contributed by atoms with Crippen LogP contribution in [0.5, 0.6) is 0 Å². The number of carbonyl (C=O) groups is 2. The second-order valence-electron chi connectivity index (χ2n) is 6.86. The van der Waals surface area contributed by atoms with Gasteiger partial charge in [0.1, 0.15) is 6.61 Å². The zero-order valence-corrected chi connectivity index (χ0v) is 15.1. The van der Waals surface area contributed by atoms with E-state index in [0.717, 1.165) is 25.2 Å². The van der Waals surface area contributed by atoms with Crippen LogP contribution in [0.25, 0.3) is 0 Å². The molecule has 0 unspecified atom stereocenters. The Morgan fingerprint density at radius 3 is 2.31 bits per heavy atom. The molecule has 6 nitrogen and oxygen atoms in total. The number of furan rings is 1. The molecule has 3 rings (SSSR count). The number of piperazine rings is 1. The summed E-state index contributed by atoms with van der Waals surface area (Å²) in [6, 6.07) is 10.9. The Labute approximate surface area is 153 Å². The summed E-state index contributed by atoms with van der Waals surface area (Å²) in [5.41, 5.74) is 1.62. The number of Topliss-reactive ketones (excluding diaryl/α,β-unsaturated/α-hetero) is 1. The van der Waals surface area contributed by atoms with E-state index in [-0.39, 0.29) is 23.8 Å². The summed E-state index contributed by atoms with van der Waals surface area (Å²) in [6.07, 6.45) is 1.52. The molecule has 0 spiro atoms. The molecule has 2 heterocycles. The molecule has 1 fully saturated rings. The maximum absolute atomic E-state index is 12.6. The van der Waals surface area contributed by atoms with Crippen LogP contribution in [0, 0.1) is 0 Å². The van der Waals surface area contributed by atoms with Crippen molar-refractivity contribution in [3.63, 3.8) is 0 Å². The van der Waals surface area contributed by atoms with Crippen LogP contribution < -0.4 is 0 Å². The third kappa shape index (κ3) is 3.86. The molecule has 1 aromatic carbocycles. The minimum Gasteiger partial charge on any atom is -0.459 e. The third-order valence-corrected chi connectivity index (χ3v) is 4.79. The van der Waals surface area contributed by atoms with Gasteiger partial charge in [-0.15, -0.1) is 0 Å². The Bertz CT molecular complexity index is 743. The predicted molar refractivity (Wildman–Crippen MR) is 96.9 cm³/mol. The number of benzene rings is 1. The number of amides is 1. The summed E-state index contributed by atoms with van der Waals surface area (Å²) in [6.45, 7) is 5.92. The molecular weight excluding hydrogens is 332 g/mol. The first-order valence-corrected chi connectivity index (χ1v) is 8.81. The van der Waals surface area contributed by atoms with E-state index in [1.807, 2.05) is 30.9 Å². The van der Waals surface area contributed by atoms with Gasteiger partial charge in [-0.25, -0.2) is 0 Å². The standard InChI is InChI=1S/C20H24N2O4/c1-14-10-21(12-16-5-7-17(8-6-16)18(24)13-23)11-15(2)22(14)20(25)19-4-3-9-26-19/h3-9,14-15,23H,10-13H2,1-2H3/t14-,15-/m1/s1. The van der Waals surface area contributed by atoms with Gasteiger partial charge in [-0.05, 0) is 31.5 Å². The molecule has 0 radical (unpaired) electrons. The molecule has 1 aliphatic heterocycles. The van der Waals surface area contributed by atoms with E-state index in [1.54, 1.807) is 24.3 Å². The maximum Gasteiger partial charge on any atom is 0.290 e. The summed E-state index contributed by atoms with van der Waals surface area (Å²) >= 11 is 0. The van der Waals surface area contributed by atoms with Gasteiger partial charge >= 0.3 is 0 Å². The molecule has 6 heteroatoms. The topological polar surface area (TPSA) is 74.0 Å². The third-order valence-electron chi connectivity index (χ3n) is 4.79. The Kier molecular flexibility index (Phi) is 5.54. The molecule has 0 bridgehead atoms. The van der Waals surface area contributed by atoms with Crippen molar-refractivity contribution in [2.45, 2.75) is 32.5 Å². The Hall–Kier alpha value is -2.44. The molecule has 0 saturated carbocycles. The zero-order chi connectivity index (χ0) is 18.7. The van der Waals surface area contributed by atoms with Gasteiger partial charge in [0.25, 0.3) is 5.91 Å². The zero-order valence-electron chi connectivity index (χ0n) is 15.1. The highest BCUT2D eigenvalue weighted by Gasteiger charge is 2.34. The summed E-state index contributed by atoms with van der Waals surface area (Å²) in [4.78, 5) is 28.3. The number of ketones is 1. The van der Waals surface area contributed by atoms with E-state index in [1.165, 1.54) is 6.26 Å². The highest BCUT2D eigenvalue weighted by atomic mass is 16.3.